The van der Waals surface area contributed by atoms with Crippen molar-refractivity contribution in [3.8, 4) is 0 Å². The fraction of sp³-hybridized carbons (Fsp3) is 0.182. The molecule has 1 aliphatic heterocycles. The van der Waals surface area contributed by atoms with Crippen LogP contribution in [0.3, 0.4) is 0 Å². The van der Waals surface area contributed by atoms with E-state index < -0.39 is 0 Å². The number of nitrogens with zero attached hydrogens (tertiary/aromatic N) is 1. The molecule has 4 heteroatoms. The first-order valence-corrected chi connectivity index (χ1v) is 8.77. The molecule has 0 saturated carbocycles. The summed E-state index contributed by atoms with van der Waals surface area (Å²) in [6.07, 6.45) is 0.243. The summed E-state index contributed by atoms with van der Waals surface area (Å²) in [6, 6.07) is 21.7. The van der Waals surface area contributed by atoms with Gasteiger partial charge < -0.3 is 10.2 Å². The van der Waals surface area contributed by atoms with Crippen LogP contribution in [-0.2, 0) is 9.59 Å². The zero-order valence-corrected chi connectivity index (χ0v) is 14.6. The maximum absolute atomic E-state index is 12.6. The Morgan fingerprint density at radius 1 is 1.00 bits per heavy atom. The van der Waals surface area contributed by atoms with Gasteiger partial charge in [0, 0.05) is 24.3 Å². The Balaban J connectivity index is 1.48. The van der Waals surface area contributed by atoms with Crippen molar-refractivity contribution in [2.75, 3.05) is 16.8 Å². The summed E-state index contributed by atoms with van der Waals surface area (Å²) in [5.41, 5.74) is 2.75. The standard InChI is InChI=1S/C22H20N2O2/c1-15-6-10-20(11-7-15)24-14-18(13-21(24)25)22(26)23-19-9-8-16-4-2-3-5-17(16)12-19/h2-12,18H,13-14H2,1H3,(H,23,26)/t18-/m1/s1. The predicted octanol–water partition coefficient (Wildman–Crippen LogP) is 4.14. The van der Waals surface area contributed by atoms with E-state index in [1.807, 2.05) is 73.7 Å². The number of hydrogen-bond acceptors (Lipinski definition) is 2. The lowest BCUT2D eigenvalue weighted by molar-refractivity contribution is -0.122. The van der Waals surface area contributed by atoms with Crippen molar-refractivity contribution in [2.24, 2.45) is 5.92 Å². The predicted molar refractivity (Wildman–Crippen MR) is 104 cm³/mol. The molecule has 1 aliphatic rings. The summed E-state index contributed by atoms with van der Waals surface area (Å²) in [5, 5.41) is 5.17. The van der Waals surface area contributed by atoms with Gasteiger partial charge in [-0.05, 0) is 42.0 Å². The van der Waals surface area contributed by atoms with Crippen LogP contribution in [-0.4, -0.2) is 18.4 Å². The second-order valence-corrected chi connectivity index (χ2v) is 6.79. The number of nitrogens with one attached hydrogen (secondary N) is 1. The van der Waals surface area contributed by atoms with Crippen molar-refractivity contribution >= 4 is 34.0 Å². The third-order valence-corrected chi connectivity index (χ3v) is 4.86. The Morgan fingerprint density at radius 2 is 1.73 bits per heavy atom. The molecule has 4 nitrogen and oxygen atoms in total. The maximum Gasteiger partial charge on any atom is 0.229 e. The van der Waals surface area contributed by atoms with Crippen LogP contribution in [0.2, 0.25) is 0 Å². The van der Waals surface area contributed by atoms with Crippen LogP contribution in [0, 0.1) is 12.8 Å². The minimum Gasteiger partial charge on any atom is -0.326 e. The van der Waals surface area contributed by atoms with Crippen molar-refractivity contribution < 1.29 is 9.59 Å². The van der Waals surface area contributed by atoms with Crippen LogP contribution in [0.1, 0.15) is 12.0 Å². The van der Waals surface area contributed by atoms with Gasteiger partial charge in [0.15, 0.2) is 0 Å². The Kier molecular flexibility index (Phi) is 4.17. The van der Waals surface area contributed by atoms with Crippen LogP contribution < -0.4 is 10.2 Å². The van der Waals surface area contributed by atoms with Crippen LogP contribution in [0.5, 0.6) is 0 Å². The highest BCUT2D eigenvalue weighted by atomic mass is 16.2. The number of aryl methyl sites for hydroxylation is 1. The summed E-state index contributed by atoms with van der Waals surface area (Å²) >= 11 is 0. The molecule has 3 aromatic carbocycles. The number of carbonyl (C=O) groups excluding carboxylic acids is 2. The van der Waals surface area contributed by atoms with Gasteiger partial charge in [-0.15, -0.1) is 0 Å². The number of benzene rings is 3. The summed E-state index contributed by atoms with van der Waals surface area (Å²) in [5.74, 6) is -0.453. The van der Waals surface area contributed by atoms with Crippen molar-refractivity contribution in [1.29, 1.82) is 0 Å². The van der Waals surface area contributed by atoms with Crippen LogP contribution in [0.4, 0.5) is 11.4 Å². The first-order valence-electron chi connectivity index (χ1n) is 8.77. The van der Waals surface area contributed by atoms with E-state index in [2.05, 4.69) is 5.32 Å². The second-order valence-electron chi connectivity index (χ2n) is 6.79. The van der Waals surface area contributed by atoms with Gasteiger partial charge in [-0.1, -0.05) is 48.0 Å². The SMILES string of the molecule is Cc1ccc(N2C[C@H](C(=O)Nc3ccc4ccccc4c3)CC2=O)cc1. The van der Waals surface area contributed by atoms with Gasteiger partial charge in [0.2, 0.25) is 11.8 Å². The van der Waals surface area contributed by atoms with Crippen LogP contribution in [0.25, 0.3) is 10.8 Å². The molecule has 130 valence electrons. The molecule has 0 spiro atoms. The molecular formula is C22H20N2O2. The molecule has 1 heterocycles. The van der Waals surface area contributed by atoms with E-state index in [0.717, 1.165) is 27.7 Å². The molecule has 26 heavy (non-hydrogen) atoms. The highest BCUT2D eigenvalue weighted by Crippen LogP contribution is 2.27. The van der Waals surface area contributed by atoms with Crippen molar-refractivity contribution in [1.82, 2.24) is 0 Å². The monoisotopic (exact) mass is 344 g/mol. The van der Waals surface area contributed by atoms with Crippen LogP contribution in [0.15, 0.2) is 66.7 Å². The van der Waals surface area contributed by atoms with Gasteiger partial charge in [-0.2, -0.15) is 0 Å². The average Bonchev–Trinajstić information content (AvgIpc) is 3.04. The summed E-state index contributed by atoms with van der Waals surface area (Å²) in [6.45, 7) is 2.43. The van der Waals surface area contributed by atoms with Gasteiger partial charge in [0.05, 0.1) is 5.92 Å². The molecule has 0 aromatic heterocycles. The lowest BCUT2D eigenvalue weighted by atomic mass is 10.1. The average molecular weight is 344 g/mol. The van der Waals surface area contributed by atoms with Gasteiger partial charge in [-0.3, -0.25) is 9.59 Å². The normalized spacial score (nSPS) is 16.9. The summed E-state index contributed by atoms with van der Waals surface area (Å²) in [4.78, 5) is 26.7. The van der Waals surface area contributed by atoms with E-state index >= 15 is 0 Å². The topological polar surface area (TPSA) is 49.4 Å². The van der Waals surface area contributed by atoms with Crippen LogP contribution >= 0.6 is 0 Å². The first-order chi connectivity index (χ1) is 12.6. The van der Waals surface area contributed by atoms with Gasteiger partial charge >= 0.3 is 0 Å². The molecule has 0 aliphatic carbocycles. The number of amides is 2. The quantitative estimate of drug-likeness (QED) is 0.776. The van der Waals surface area contributed by atoms with E-state index in [4.69, 9.17) is 0 Å². The minimum absolute atomic E-state index is 0.00693. The van der Waals surface area contributed by atoms with Gasteiger partial charge in [-0.25, -0.2) is 0 Å². The lowest BCUT2D eigenvalue weighted by Gasteiger charge is -2.17. The van der Waals surface area contributed by atoms with Crippen molar-refractivity contribution in [3.05, 3.63) is 72.3 Å². The molecule has 2 amide bonds. The molecule has 1 N–H and O–H groups in total. The number of rotatable bonds is 3. The number of carbonyl (C=O) groups is 2. The van der Waals surface area contributed by atoms with Gasteiger partial charge in [0.25, 0.3) is 0 Å². The van der Waals surface area contributed by atoms with E-state index in [0.29, 0.717) is 6.54 Å². The fourth-order valence-corrected chi connectivity index (χ4v) is 3.37. The zero-order valence-electron chi connectivity index (χ0n) is 14.6. The highest BCUT2D eigenvalue weighted by molar-refractivity contribution is 6.04. The Morgan fingerprint density at radius 3 is 2.50 bits per heavy atom. The summed E-state index contributed by atoms with van der Waals surface area (Å²) in [7, 11) is 0. The number of fused-ring (bicyclic) bond motifs is 1. The maximum atomic E-state index is 12.6. The molecule has 4 rings (SSSR count). The highest BCUT2D eigenvalue weighted by Gasteiger charge is 2.35. The van der Waals surface area contributed by atoms with E-state index in [1.54, 1.807) is 4.90 Å². The fourth-order valence-electron chi connectivity index (χ4n) is 3.37. The van der Waals surface area contributed by atoms with E-state index in [1.165, 1.54) is 0 Å². The molecule has 1 saturated heterocycles. The summed E-state index contributed by atoms with van der Waals surface area (Å²) < 4.78 is 0. The number of hydrogen-bond donors (Lipinski definition) is 1. The molecule has 0 radical (unpaired) electrons. The third-order valence-electron chi connectivity index (χ3n) is 4.86. The largest absolute Gasteiger partial charge is 0.326 e. The van der Waals surface area contributed by atoms with Gasteiger partial charge in [0.1, 0.15) is 0 Å². The smallest absolute Gasteiger partial charge is 0.229 e. The second kappa shape index (κ2) is 6.64. The first kappa shape index (κ1) is 16.3. The van der Waals surface area contributed by atoms with E-state index in [-0.39, 0.29) is 24.2 Å². The number of anilines is 2. The molecule has 3 aromatic rings. The zero-order chi connectivity index (χ0) is 18.1. The molecule has 1 fully saturated rings. The molecule has 1 atom stereocenters. The Bertz CT molecular complexity index is 979. The molecule has 0 bridgehead atoms. The van der Waals surface area contributed by atoms with Crippen molar-refractivity contribution in [3.63, 3.8) is 0 Å². The Hall–Kier alpha value is -3.14. The minimum atomic E-state index is -0.338. The molecular weight excluding hydrogens is 324 g/mol. The lowest BCUT2D eigenvalue weighted by Crippen LogP contribution is -2.28. The third kappa shape index (κ3) is 3.18. The van der Waals surface area contributed by atoms with E-state index in [9.17, 15) is 9.59 Å². The van der Waals surface area contributed by atoms with Crippen molar-refractivity contribution in [2.45, 2.75) is 13.3 Å². The molecule has 0 unspecified atom stereocenters. The Labute approximate surface area is 152 Å².